The van der Waals surface area contributed by atoms with Crippen molar-refractivity contribution in [2.75, 3.05) is 7.11 Å². The van der Waals surface area contributed by atoms with E-state index in [0.717, 1.165) is 18.4 Å². The molecule has 0 heterocycles. The zero-order chi connectivity index (χ0) is 16.4. The van der Waals surface area contributed by atoms with Crippen molar-refractivity contribution in [3.8, 4) is 5.75 Å². The van der Waals surface area contributed by atoms with Crippen LogP contribution in [-0.4, -0.2) is 46.4 Å². The molecule has 2 aliphatic rings. The summed E-state index contributed by atoms with van der Waals surface area (Å²) in [6.45, 7) is 0.536. The number of carbonyl (C=O) groups excluding carboxylic acids is 1. The summed E-state index contributed by atoms with van der Waals surface area (Å²) in [6.07, 6.45) is 3.29. The van der Waals surface area contributed by atoms with Crippen LogP contribution in [0.2, 0.25) is 0 Å². The van der Waals surface area contributed by atoms with Crippen molar-refractivity contribution in [2.45, 2.75) is 56.9 Å². The average molecular weight is 319 g/mol. The third-order valence-corrected chi connectivity index (χ3v) is 4.94. The highest BCUT2D eigenvalue weighted by molar-refractivity contribution is 5.79. The summed E-state index contributed by atoms with van der Waals surface area (Å²) in [5, 5.41) is 19.5. The number of aliphatic hydroxyl groups excluding tert-OH is 1. The minimum atomic E-state index is -0.468. The number of hydrogen-bond donors (Lipinski definition) is 2. The summed E-state index contributed by atoms with van der Waals surface area (Å²) in [5.74, 6) is 0.303. The van der Waals surface area contributed by atoms with Crippen molar-refractivity contribution in [1.29, 1.82) is 0 Å². The number of amides is 1. The molecule has 2 N–H and O–H groups in total. The molecule has 2 saturated carbocycles. The van der Waals surface area contributed by atoms with Gasteiger partial charge in [0.05, 0.1) is 12.2 Å². The van der Waals surface area contributed by atoms with Crippen LogP contribution in [0.15, 0.2) is 24.3 Å². The average Bonchev–Trinajstić information content (AvgIpc) is 3.37. The molecule has 5 nitrogen and oxygen atoms in total. The second-order valence-corrected chi connectivity index (χ2v) is 6.72. The van der Waals surface area contributed by atoms with Crippen molar-refractivity contribution >= 4 is 5.91 Å². The maximum atomic E-state index is 13.0. The molecule has 3 rings (SSSR count). The topological polar surface area (TPSA) is 70.0 Å². The summed E-state index contributed by atoms with van der Waals surface area (Å²) < 4.78 is 5.32. The highest BCUT2D eigenvalue weighted by Crippen LogP contribution is 2.34. The van der Waals surface area contributed by atoms with Gasteiger partial charge in [0.15, 0.2) is 0 Å². The number of aliphatic hydroxyl groups is 1. The normalized spacial score (nSPS) is 27.7. The molecule has 2 aliphatic carbocycles. The summed E-state index contributed by atoms with van der Waals surface area (Å²) in [6, 6.07) is 7.41. The molecule has 1 amide bonds. The molecule has 126 valence electrons. The lowest BCUT2D eigenvalue weighted by molar-refractivity contribution is -0.142. The standard InChI is InChI=1S/C18H25NO4/c1-23-17-10-13(5-8-16(17)21)18(22)19(14-6-7-14)11-12-3-2-4-15(20)9-12/h2-4,9,13-14,16-17,20-21H,5-8,10-11H2,1H3/t13-,16+,17-/m1/s1. The van der Waals surface area contributed by atoms with E-state index in [9.17, 15) is 15.0 Å². The Morgan fingerprint density at radius 3 is 2.74 bits per heavy atom. The van der Waals surface area contributed by atoms with E-state index in [2.05, 4.69) is 0 Å². The van der Waals surface area contributed by atoms with Gasteiger partial charge in [0.25, 0.3) is 0 Å². The minimum absolute atomic E-state index is 0.0822. The van der Waals surface area contributed by atoms with Gasteiger partial charge in [-0.25, -0.2) is 0 Å². The van der Waals surface area contributed by atoms with Gasteiger partial charge in [-0.1, -0.05) is 12.1 Å². The summed E-state index contributed by atoms with van der Waals surface area (Å²) in [5.41, 5.74) is 0.949. The lowest BCUT2D eigenvalue weighted by Crippen LogP contribution is -2.43. The first-order chi connectivity index (χ1) is 11.1. The number of ether oxygens (including phenoxy) is 1. The van der Waals surface area contributed by atoms with E-state index in [4.69, 9.17) is 4.74 Å². The third kappa shape index (κ3) is 3.85. The number of rotatable bonds is 5. The second kappa shape index (κ2) is 6.89. The van der Waals surface area contributed by atoms with Gasteiger partial charge in [0.1, 0.15) is 5.75 Å². The van der Waals surface area contributed by atoms with Crippen molar-refractivity contribution < 1.29 is 19.7 Å². The predicted octanol–water partition coefficient (Wildman–Crippen LogP) is 2.06. The maximum Gasteiger partial charge on any atom is 0.226 e. The highest BCUT2D eigenvalue weighted by atomic mass is 16.5. The number of methoxy groups -OCH3 is 1. The maximum absolute atomic E-state index is 13.0. The fourth-order valence-corrected chi connectivity index (χ4v) is 3.45. The molecule has 5 heteroatoms. The molecule has 0 bridgehead atoms. The van der Waals surface area contributed by atoms with Gasteiger partial charge in [-0.15, -0.1) is 0 Å². The zero-order valence-corrected chi connectivity index (χ0v) is 13.5. The second-order valence-electron chi connectivity index (χ2n) is 6.72. The number of hydrogen-bond acceptors (Lipinski definition) is 4. The Kier molecular flexibility index (Phi) is 4.87. The Balaban J connectivity index is 1.69. The number of carbonyl (C=O) groups is 1. The smallest absolute Gasteiger partial charge is 0.226 e. The summed E-state index contributed by atoms with van der Waals surface area (Å²) >= 11 is 0. The van der Waals surface area contributed by atoms with Gasteiger partial charge in [-0.3, -0.25) is 4.79 Å². The largest absolute Gasteiger partial charge is 0.508 e. The zero-order valence-electron chi connectivity index (χ0n) is 13.5. The fraction of sp³-hybridized carbons (Fsp3) is 0.611. The Morgan fingerprint density at radius 1 is 1.30 bits per heavy atom. The fourth-order valence-electron chi connectivity index (χ4n) is 3.45. The van der Waals surface area contributed by atoms with Crippen LogP contribution < -0.4 is 0 Å². The van der Waals surface area contributed by atoms with Gasteiger partial charge >= 0.3 is 0 Å². The van der Waals surface area contributed by atoms with Crippen LogP contribution in [0.3, 0.4) is 0 Å². The lowest BCUT2D eigenvalue weighted by Gasteiger charge is -2.35. The molecule has 0 unspecified atom stereocenters. The first kappa shape index (κ1) is 16.3. The Morgan fingerprint density at radius 2 is 2.09 bits per heavy atom. The molecular weight excluding hydrogens is 294 g/mol. The van der Waals surface area contributed by atoms with Gasteiger partial charge in [-0.05, 0) is 49.8 Å². The molecule has 0 aromatic heterocycles. The summed E-state index contributed by atoms with van der Waals surface area (Å²) in [7, 11) is 1.59. The Hall–Kier alpha value is -1.59. The van der Waals surface area contributed by atoms with E-state index in [1.54, 1.807) is 25.3 Å². The number of benzene rings is 1. The first-order valence-electron chi connectivity index (χ1n) is 8.37. The van der Waals surface area contributed by atoms with Crippen LogP contribution >= 0.6 is 0 Å². The number of nitrogens with zero attached hydrogens (tertiary/aromatic N) is 1. The van der Waals surface area contributed by atoms with Gasteiger partial charge in [0.2, 0.25) is 5.91 Å². The van der Waals surface area contributed by atoms with E-state index >= 15 is 0 Å². The Bertz CT molecular complexity index is 558. The molecular formula is C18H25NO4. The van der Waals surface area contributed by atoms with E-state index in [1.165, 1.54) is 0 Å². The van der Waals surface area contributed by atoms with Crippen molar-refractivity contribution in [3.63, 3.8) is 0 Å². The van der Waals surface area contributed by atoms with E-state index in [1.807, 2.05) is 11.0 Å². The quantitative estimate of drug-likeness (QED) is 0.871. The molecule has 0 saturated heterocycles. The molecule has 0 radical (unpaired) electrons. The van der Waals surface area contributed by atoms with Gasteiger partial charge < -0.3 is 19.8 Å². The van der Waals surface area contributed by atoms with Crippen molar-refractivity contribution in [3.05, 3.63) is 29.8 Å². The van der Waals surface area contributed by atoms with Gasteiger partial charge in [0, 0.05) is 25.6 Å². The van der Waals surface area contributed by atoms with Crippen LogP contribution in [0.1, 0.15) is 37.7 Å². The molecule has 1 aromatic rings. The third-order valence-electron chi connectivity index (χ3n) is 4.94. The Labute approximate surface area is 136 Å². The van der Waals surface area contributed by atoms with Crippen LogP contribution in [0, 0.1) is 5.92 Å². The van der Waals surface area contributed by atoms with E-state index in [-0.39, 0.29) is 23.7 Å². The molecule has 23 heavy (non-hydrogen) atoms. The first-order valence-corrected chi connectivity index (χ1v) is 8.37. The molecule has 0 aliphatic heterocycles. The number of phenols is 1. The molecule has 3 atom stereocenters. The van der Waals surface area contributed by atoms with Crippen LogP contribution in [-0.2, 0) is 16.1 Å². The number of phenolic OH excluding ortho intramolecular Hbond substituents is 1. The van der Waals surface area contributed by atoms with Crippen LogP contribution in [0.4, 0.5) is 0 Å². The minimum Gasteiger partial charge on any atom is -0.508 e. The molecule has 2 fully saturated rings. The van der Waals surface area contributed by atoms with E-state index < -0.39 is 6.10 Å². The predicted molar refractivity (Wildman–Crippen MR) is 85.8 cm³/mol. The van der Waals surface area contributed by atoms with Crippen LogP contribution in [0.25, 0.3) is 0 Å². The molecule has 0 spiro atoms. The lowest BCUT2D eigenvalue weighted by atomic mass is 9.84. The van der Waals surface area contributed by atoms with E-state index in [0.29, 0.717) is 31.8 Å². The van der Waals surface area contributed by atoms with Crippen LogP contribution in [0.5, 0.6) is 5.75 Å². The highest BCUT2D eigenvalue weighted by Gasteiger charge is 2.39. The SMILES string of the molecule is CO[C@@H]1C[C@H](C(=O)N(Cc2cccc(O)c2)C2CC2)CC[C@@H]1O. The van der Waals surface area contributed by atoms with Gasteiger partial charge in [-0.2, -0.15) is 0 Å². The summed E-state index contributed by atoms with van der Waals surface area (Å²) in [4.78, 5) is 14.9. The number of aromatic hydroxyl groups is 1. The van der Waals surface area contributed by atoms with Crippen molar-refractivity contribution in [2.24, 2.45) is 5.92 Å². The monoisotopic (exact) mass is 319 g/mol. The molecule has 1 aromatic carbocycles. The van der Waals surface area contributed by atoms with Crippen molar-refractivity contribution in [1.82, 2.24) is 4.90 Å².